The van der Waals surface area contributed by atoms with Crippen LogP contribution in [0.4, 0.5) is 0 Å². The maximum absolute atomic E-state index is 12.0. The molecule has 1 aliphatic rings. The molecular formula is C15H16N4O3. The molecule has 0 aliphatic carbocycles. The Balaban J connectivity index is 2.00. The lowest BCUT2D eigenvalue weighted by Gasteiger charge is -2.18. The Morgan fingerprint density at radius 3 is 2.59 bits per heavy atom. The first-order valence-electron chi connectivity index (χ1n) is 6.87. The second kappa shape index (κ2) is 6.72. The van der Waals surface area contributed by atoms with Crippen LogP contribution < -0.4 is 16.4 Å². The van der Waals surface area contributed by atoms with Crippen molar-refractivity contribution >= 4 is 17.7 Å². The van der Waals surface area contributed by atoms with Crippen molar-refractivity contribution in [2.24, 2.45) is 5.73 Å². The Hall–Kier alpha value is -2.88. The van der Waals surface area contributed by atoms with Crippen LogP contribution in [0.25, 0.3) is 0 Å². The molecule has 7 heteroatoms. The number of carbonyl (C=O) groups is 3. The second-order valence-electron chi connectivity index (χ2n) is 5.14. The summed E-state index contributed by atoms with van der Waals surface area (Å²) in [4.78, 5) is 34.6. The molecule has 1 aliphatic heterocycles. The van der Waals surface area contributed by atoms with Gasteiger partial charge in [-0.25, -0.2) is 0 Å². The van der Waals surface area contributed by atoms with Gasteiger partial charge in [-0.05, 0) is 24.1 Å². The quantitative estimate of drug-likeness (QED) is 0.668. The summed E-state index contributed by atoms with van der Waals surface area (Å²) in [6.07, 6.45) is 0.940. The molecule has 1 aromatic rings. The van der Waals surface area contributed by atoms with Gasteiger partial charge in [-0.15, -0.1) is 0 Å². The molecule has 114 valence electrons. The average molecular weight is 300 g/mol. The monoisotopic (exact) mass is 300 g/mol. The third kappa shape index (κ3) is 3.82. The molecule has 4 N–H and O–H groups in total. The van der Waals surface area contributed by atoms with E-state index < -0.39 is 23.9 Å². The summed E-state index contributed by atoms with van der Waals surface area (Å²) in [5.41, 5.74) is 6.61. The molecule has 7 nitrogen and oxygen atoms in total. The first-order valence-corrected chi connectivity index (χ1v) is 6.87. The molecule has 0 unspecified atom stereocenters. The number of nitrogens with two attached hydrogens (primary N) is 1. The average Bonchev–Trinajstić information content (AvgIpc) is 2.94. The number of hydrogen-bond donors (Lipinski definition) is 3. The van der Waals surface area contributed by atoms with Crippen LogP contribution in [0.5, 0.6) is 0 Å². The summed E-state index contributed by atoms with van der Waals surface area (Å²) in [6.45, 7) is 0. The zero-order valence-corrected chi connectivity index (χ0v) is 11.8. The zero-order chi connectivity index (χ0) is 16.1. The Morgan fingerprint density at radius 1 is 1.41 bits per heavy atom. The van der Waals surface area contributed by atoms with E-state index in [9.17, 15) is 14.4 Å². The van der Waals surface area contributed by atoms with Gasteiger partial charge in [-0.2, -0.15) is 5.26 Å². The molecule has 1 heterocycles. The smallest absolute Gasteiger partial charge is 0.243 e. The summed E-state index contributed by atoms with van der Waals surface area (Å²) in [5.74, 6) is -1.24. The number of primary amides is 1. The van der Waals surface area contributed by atoms with Crippen LogP contribution in [0.15, 0.2) is 24.3 Å². The standard InChI is InChI=1S/C15H16N4O3/c16-8-10-3-1-9(2-4-10)7-12(14(17)21)19-15(22)11-5-6-13(20)18-11/h1-4,11-12H,5-7H2,(H2,17,21)(H,18,20)(H,19,22)/t11-,12+/m1/s1. The number of nitrogens with one attached hydrogen (secondary N) is 2. The van der Waals surface area contributed by atoms with Crippen molar-refractivity contribution in [2.45, 2.75) is 31.3 Å². The van der Waals surface area contributed by atoms with E-state index in [1.165, 1.54) is 0 Å². The van der Waals surface area contributed by atoms with E-state index in [2.05, 4.69) is 10.6 Å². The van der Waals surface area contributed by atoms with Crippen molar-refractivity contribution in [1.29, 1.82) is 5.26 Å². The maximum Gasteiger partial charge on any atom is 0.243 e. The molecule has 0 spiro atoms. The molecule has 0 bridgehead atoms. The fourth-order valence-corrected chi connectivity index (χ4v) is 2.26. The first kappa shape index (κ1) is 15.5. The number of benzene rings is 1. The molecular weight excluding hydrogens is 284 g/mol. The van der Waals surface area contributed by atoms with Crippen LogP contribution in [0.1, 0.15) is 24.0 Å². The highest BCUT2D eigenvalue weighted by Crippen LogP contribution is 2.09. The van der Waals surface area contributed by atoms with Gasteiger partial charge < -0.3 is 16.4 Å². The molecule has 2 atom stereocenters. The van der Waals surface area contributed by atoms with Crippen molar-refractivity contribution in [2.75, 3.05) is 0 Å². The van der Waals surface area contributed by atoms with E-state index in [0.717, 1.165) is 5.56 Å². The fraction of sp³-hybridized carbons (Fsp3) is 0.333. The van der Waals surface area contributed by atoms with Gasteiger partial charge in [-0.1, -0.05) is 12.1 Å². The normalized spacial score (nSPS) is 18.1. The van der Waals surface area contributed by atoms with Crippen molar-refractivity contribution in [3.63, 3.8) is 0 Å². The maximum atomic E-state index is 12.0. The molecule has 1 aromatic carbocycles. The van der Waals surface area contributed by atoms with Gasteiger partial charge in [0.25, 0.3) is 0 Å². The van der Waals surface area contributed by atoms with E-state index in [-0.39, 0.29) is 12.3 Å². The Labute approximate surface area is 127 Å². The van der Waals surface area contributed by atoms with E-state index in [0.29, 0.717) is 18.4 Å². The number of carbonyl (C=O) groups excluding carboxylic acids is 3. The molecule has 0 saturated carbocycles. The molecule has 0 radical (unpaired) electrons. The number of amides is 3. The van der Waals surface area contributed by atoms with Crippen LogP contribution in [0.3, 0.4) is 0 Å². The number of nitriles is 1. The van der Waals surface area contributed by atoms with Crippen LogP contribution in [-0.2, 0) is 20.8 Å². The summed E-state index contributed by atoms with van der Waals surface area (Å²) >= 11 is 0. The number of hydrogen-bond acceptors (Lipinski definition) is 4. The SMILES string of the molecule is N#Cc1ccc(C[C@H](NC(=O)[C@H]2CCC(=O)N2)C(N)=O)cc1. The second-order valence-corrected chi connectivity index (χ2v) is 5.14. The lowest BCUT2D eigenvalue weighted by molar-refractivity contribution is -0.129. The van der Waals surface area contributed by atoms with Crippen LogP contribution in [0, 0.1) is 11.3 Å². The van der Waals surface area contributed by atoms with Crippen LogP contribution >= 0.6 is 0 Å². The fourth-order valence-electron chi connectivity index (χ4n) is 2.26. The first-order chi connectivity index (χ1) is 10.5. The lowest BCUT2D eigenvalue weighted by Crippen LogP contribution is -2.51. The summed E-state index contributed by atoms with van der Waals surface area (Å²) in [6, 6.07) is 7.20. The lowest BCUT2D eigenvalue weighted by atomic mass is 10.0. The topological polar surface area (TPSA) is 125 Å². The van der Waals surface area contributed by atoms with E-state index in [1.807, 2.05) is 6.07 Å². The van der Waals surface area contributed by atoms with Gasteiger partial charge in [-0.3, -0.25) is 14.4 Å². The minimum atomic E-state index is -0.863. The van der Waals surface area contributed by atoms with Gasteiger partial charge in [0, 0.05) is 12.8 Å². The third-order valence-electron chi connectivity index (χ3n) is 3.49. The molecule has 22 heavy (non-hydrogen) atoms. The van der Waals surface area contributed by atoms with Gasteiger partial charge >= 0.3 is 0 Å². The molecule has 1 saturated heterocycles. The van der Waals surface area contributed by atoms with Crippen molar-refractivity contribution in [1.82, 2.24) is 10.6 Å². The minimum Gasteiger partial charge on any atom is -0.368 e. The van der Waals surface area contributed by atoms with Crippen LogP contribution in [0.2, 0.25) is 0 Å². The summed E-state index contributed by atoms with van der Waals surface area (Å²) in [5, 5.41) is 13.8. The minimum absolute atomic E-state index is 0.178. The highest BCUT2D eigenvalue weighted by molar-refractivity contribution is 5.93. The molecule has 1 fully saturated rings. The predicted octanol–water partition coefficient (Wildman–Crippen LogP) is -0.651. The number of nitrogens with zero attached hydrogens (tertiary/aromatic N) is 1. The number of rotatable bonds is 5. The molecule has 0 aromatic heterocycles. The third-order valence-corrected chi connectivity index (χ3v) is 3.49. The van der Waals surface area contributed by atoms with E-state index in [4.69, 9.17) is 11.0 Å². The van der Waals surface area contributed by atoms with E-state index in [1.54, 1.807) is 24.3 Å². The van der Waals surface area contributed by atoms with Gasteiger partial charge in [0.1, 0.15) is 12.1 Å². The zero-order valence-electron chi connectivity index (χ0n) is 11.8. The highest BCUT2D eigenvalue weighted by atomic mass is 16.2. The predicted molar refractivity (Wildman–Crippen MR) is 77.2 cm³/mol. The summed E-state index contributed by atoms with van der Waals surface area (Å²) < 4.78 is 0. The summed E-state index contributed by atoms with van der Waals surface area (Å²) in [7, 11) is 0. The Bertz CT molecular complexity index is 633. The molecule has 3 amide bonds. The Morgan fingerprint density at radius 2 is 2.09 bits per heavy atom. The largest absolute Gasteiger partial charge is 0.368 e. The van der Waals surface area contributed by atoms with Crippen molar-refractivity contribution in [3.05, 3.63) is 35.4 Å². The highest BCUT2D eigenvalue weighted by Gasteiger charge is 2.29. The van der Waals surface area contributed by atoms with Gasteiger partial charge in [0.15, 0.2) is 0 Å². The van der Waals surface area contributed by atoms with Crippen molar-refractivity contribution in [3.8, 4) is 6.07 Å². The Kier molecular flexibility index (Phi) is 4.73. The van der Waals surface area contributed by atoms with E-state index >= 15 is 0 Å². The van der Waals surface area contributed by atoms with Crippen molar-refractivity contribution < 1.29 is 14.4 Å². The molecule has 2 rings (SSSR count). The van der Waals surface area contributed by atoms with Gasteiger partial charge in [0.2, 0.25) is 17.7 Å². The van der Waals surface area contributed by atoms with Crippen LogP contribution in [-0.4, -0.2) is 29.8 Å². The van der Waals surface area contributed by atoms with Gasteiger partial charge in [0.05, 0.1) is 11.6 Å².